The van der Waals surface area contributed by atoms with Gasteiger partial charge in [0.05, 0.1) is 11.4 Å². The molecule has 1 N–H and O–H groups in total. The third-order valence-corrected chi connectivity index (χ3v) is 2.83. The van der Waals surface area contributed by atoms with E-state index in [1.54, 1.807) is 0 Å². The summed E-state index contributed by atoms with van der Waals surface area (Å²) >= 11 is 0. The van der Waals surface area contributed by atoms with Crippen molar-refractivity contribution in [1.29, 1.82) is 0 Å². The van der Waals surface area contributed by atoms with Gasteiger partial charge in [0.25, 0.3) is 0 Å². The summed E-state index contributed by atoms with van der Waals surface area (Å²) < 4.78 is 2.14. The number of rotatable bonds is 3. The van der Waals surface area contributed by atoms with Crippen LogP contribution in [0.2, 0.25) is 0 Å². The summed E-state index contributed by atoms with van der Waals surface area (Å²) in [5.74, 6) is 1.05. The van der Waals surface area contributed by atoms with E-state index >= 15 is 0 Å². The van der Waals surface area contributed by atoms with Gasteiger partial charge in [-0.25, -0.2) is 4.98 Å². The van der Waals surface area contributed by atoms with Crippen LogP contribution >= 0.6 is 0 Å². The number of hydrogen-bond donors (Lipinski definition) is 1. The number of aryl methyl sites for hydroxylation is 1. The Hall–Kier alpha value is -1.61. The molecule has 1 aromatic heterocycles. The summed E-state index contributed by atoms with van der Waals surface area (Å²) in [7, 11) is 4.01. The highest BCUT2D eigenvalue weighted by Crippen LogP contribution is 2.22. The summed E-state index contributed by atoms with van der Waals surface area (Å²) in [6, 6.07) is 10.3. The van der Waals surface area contributed by atoms with Crippen molar-refractivity contribution in [3.63, 3.8) is 0 Å². The first-order valence-electron chi connectivity index (χ1n) is 5.46. The van der Waals surface area contributed by atoms with Gasteiger partial charge in [0.15, 0.2) is 0 Å². The molecule has 2 rings (SSSR count). The van der Waals surface area contributed by atoms with E-state index < -0.39 is 0 Å². The number of hydrogen-bond acceptors (Lipinski definition) is 2. The zero-order valence-electron chi connectivity index (χ0n) is 9.99. The van der Waals surface area contributed by atoms with Gasteiger partial charge in [-0.3, -0.25) is 0 Å². The van der Waals surface area contributed by atoms with Crippen LogP contribution in [0.4, 0.5) is 0 Å². The summed E-state index contributed by atoms with van der Waals surface area (Å²) in [5, 5.41) is 3.19. The molecule has 0 atom stereocenters. The van der Waals surface area contributed by atoms with Crippen LogP contribution in [0.5, 0.6) is 0 Å². The van der Waals surface area contributed by atoms with Gasteiger partial charge in [-0.2, -0.15) is 0 Å². The zero-order valence-corrected chi connectivity index (χ0v) is 9.99. The molecule has 0 amide bonds. The van der Waals surface area contributed by atoms with E-state index in [4.69, 9.17) is 0 Å². The lowest BCUT2D eigenvalue weighted by molar-refractivity contribution is 0.722. The topological polar surface area (TPSA) is 29.9 Å². The van der Waals surface area contributed by atoms with E-state index in [0.29, 0.717) is 0 Å². The standard InChI is InChI=1S/C13H17N3/c1-10-15-13(11-7-5-4-6-8-11)12(9-14-2)16(10)3/h4-8,14H,9H2,1-3H3. The number of nitrogens with zero attached hydrogens (tertiary/aromatic N) is 2. The molecule has 0 radical (unpaired) electrons. The Labute approximate surface area is 96.1 Å². The lowest BCUT2D eigenvalue weighted by Gasteiger charge is -2.05. The van der Waals surface area contributed by atoms with Gasteiger partial charge in [-0.15, -0.1) is 0 Å². The average Bonchev–Trinajstić information content (AvgIpc) is 2.59. The lowest BCUT2D eigenvalue weighted by Crippen LogP contribution is -2.10. The maximum absolute atomic E-state index is 4.62. The average molecular weight is 215 g/mol. The fourth-order valence-electron chi connectivity index (χ4n) is 1.85. The van der Waals surface area contributed by atoms with E-state index in [-0.39, 0.29) is 0 Å². The maximum atomic E-state index is 4.62. The molecule has 84 valence electrons. The number of benzene rings is 1. The van der Waals surface area contributed by atoms with Crippen molar-refractivity contribution < 1.29 is 0 Å². The van der Waals surface area contributed by atoms with Crippen LogP contribution in [0.1, 0.15) is 11.5 Å². The van der Waals surface area contributed by atoms with Gasteiger partial charge >= 0.3 is 0 Å². The van der Waals surface area contributed by atoms with Gasteiger partial charge in [-0.05, 0) is 14.0 Å². The number of imidazole rings is 1. The Bertz CT molecular complexity index is 471. The third-order valence-electron chi connectivity index (χ3n) is 2.83. The van der Waals surface area contributed by atoms with Crippen molar-refractivity contribution in [2.24, 2.45) is 7.05 Å². The molecule has 1 aromatic carbocycles. The predicted octanol–water partition coefficient (Wildman–Crippen LogP) is 2.11. The molecule has 16 heavy (non-hydrogen) atoms. The molecule has 0 bridgehead atoms. The highest BCUT2D eigenvalue weighted by atomic mass is 15.1. The number of aromatic nitrogens is 2. The Balaban J connectivity index is 2.52. The summed E-state index contributed by atoms with van der Waals surface area (Å²) in [4.78, 5) is 4.62. The van der Waals surface area contributed by atoms with Crippen LogP contribution < -0.4 is 5.32 Å². The van der Waals surface area contributed by atoms with Gasteiger partial charge in [-0.1, -0.05) is 30.3 Å². The highest BCUT2D eigenvalue weighted by Gasteiger charge is 2.12. The second-order valence-corrected chi connectivity index (χ2v) is 3.91. The van der Waals surface area contributed by atoms with Crippen molar-refractivity contribution in [3.8, 4) is 11.3 Å². The summed E-state index contributed by atoms with van der Waals surface area (Å²) in [6.45, 7) is 2.87. The number of nitrogens with one attached hydrogen (secondary N) is 1. The predicted molar refractivity (Wildman–Crippen MR) is 66.1 cm³/mol. The Morgan fingerprint density at radius 3 is 2.56 bits per heavy atom. The fourth-order valence-corrected chi connectivity index (χ4v) is 1.85. The largest absolute Gasteiger partial charge is 0.334 e. The molecule has 0 unspecified atom stereocenters. The highest BCUT2D eigenvalue weighted by molar-refractivity contribution is 5.62. The smallest absolute Gasteiger partial charge is 0.106 e. The van der Waals surface area contributed by atoms with Gasteiger partial charge in [0.2, 0.25) is 0 Å². The van der Waals surface area contributed by atoms with Crippen molar-refractivity contribution in [3.05, 3.63) is 41.9 Å². The van der Waals surface area contributed by atoms with E-state index in [9.17, 15) is 0 Å². The van der Waals surface area contributed by atoms with Crippen molar-refractivity contribution in [2.75, 3.05) is 7.05 Å². The Kier molecular flexibility index (Phi) is 3.06. The van der Waals surface area contributed by atoms with Crippen LogP contribution in [0, 0.1) is 6.92 Å². The molecule has 0 saturated heterocycles. The molecule has 3 nitrogen and oxygen atoms in total. The van der Waals surface area contributed by atoms with E-state index in [1.807, 2.05) is 32.2 Å². The Morgan fingerprint density at radius 1 is 1.25 bits per heavy atom. The quantitative estimate of drug-likeness (QED) is 0.850. The first-order valence-corrected chi connectivity index (χ1v) is 5.46. The minimum absolute atomic E-state index is 0.835. The minimum Gasteiger partial charge on any atom is -0.334 e. The monoisotopic (exact) mass is 215 g/mol. The third kappa shape index (κ3) is 1.86. The van der Waals surface area contributed by atoms with Crippen molar-refractivity contribution in [2.45, 2.75) is 13.5 Å². The first kappa shape index (κ1) is 10.9. The molecule has 2 aromatic rings. The van der Waals surface area contributed by atoms with Crippen molar-refractivity contribution >= 4 is 0 Å². The van der Waals surface area contributed by atoms with E-state index in [2.05, 4.69) is 34.0 Å². The lowest BCUT2D eigenvalue weighted by atomic mass is 10.1. The van der Waals surface area contributed by atoms with Crippen LogP contribution in [0.25, 0.3) is 11.3 Å². The van der Waals surface area contributed by atoms with Crippen LogP contribution in [-0.4, -0.2) is 16.6 Å². The second kappa shape index (κ2) is 4.49. The van der Waals surface area contributed by atoms with Gasteiger partial charge in [0.1, 0.15) is 5.82 Å². The fraction of sp³-hybridized carbons (Fsp3) is 0.308. The van der Waals surface area contributed by atoms with Gasteiger partial charge < -0.3 is 9.88 Å². The SMILES string of the molecule is CNCc1c(-c2ccccc2)nc(C)n1C. The summed E-state index contributed by atoms with van der Waals surface area (Å²) in [5.41, 5.74) is 3.48. The van der Waals surface area contributed by atoms with E-state index in [1.165, 1.54) is 11.3 Å². The van der Waals surface area contributed by atoms with Gasteiger partial charge in [0, 0.05) is 19.2 Å². The molecule has 0 aliphatic heterocycles. The second-order valence-electron chi connectivity index (χ2n) is 3.91. The molecular formula is C13H17N3. The summed E-state index contributed by atoms with van der Waals surface area (Å²) in [6.07, 6.45) is 0. The van der Waals surface area contributed by atoms with Crippen LogP contribution in [-0.2, 0) is 13.6 Å². The molecule has 0 aliphatic carbocycles. The first-order chi connectivity index (χ1) is 7.74. The molecule has 1 heterocycles. The molecule has 0 spiro atoms. The maximum Gasteiger partial charge on any atom is 0.106 e. The minimum atomic E-state index is 0.835. The van der Waals surface area contributed by atoms with Crippen LogP contribution in [0.15, 0.2) is 30.3 Å². The molecular weight excluding hydrogens is 198 g/mol. The molecule has 0 fully saturated rings. The molecule has 3 heteroatoms. The van der Waals surface area contributed by atoms with Crippen molar-refractivity contribution in [1.82, 2.24) is 14.9 Å². The Morgan fingerprint density at radius 2 is 1.94 bits per heavy atom. The van der Waals surface area contributed by atoms with E-state index in [0.717, 1.165) is 18.1 Å². The zero-order chi connectivity index (χ0) is 11.5. The molecule has 0 aliphatic rings. The molecule has 0 saturated carbocycles. The normalized spacial score (nSPS) is 10.7. The van der Waals surface area contributed by atoms with Crippen LogP contribution in [0.3, 0.4) is 0 Å².